The van der Waals surface area contributed by atoms with E-state index in [1.54, 1.807) is 0 Å². The molecule has 0 spiro atoms. The van der Waals surface area contributed by atoms with Gasteiger partial charge in [0.2, 0.25) is 0 Å². The minimum Gasteiger partial charge on any atom is -0.502 e. The molecule has 0 aromatic carbocycles. The summed E-state index contributed by atoms with van der Waals surface area (Å²) in [6.45, 7) is 8.15. The predicted octanol–water partition coefficient (Wildman–Crippen LogP) is 2.68. The van der Waals surface area contributed by atoms with Gasteiger partial charge in [-0.2, -0.15) is 0 Å². The topological polar surface area (TPSA) is 35.5 Å². The van der Waals surface area contributed by atoms with E-state index in [-0.39, 0.29) is 5.97 Å². The zero-order valence-corrected chi connectivity index (χ0v) is 9.69. The van der Waals surface area contributed by atoms with Gasteiger partial charge in [0.1, 0.15) is 0 Å². The Hall–Kier alpha value is -1.25. The van der Waals surface area contributed by atoms with Crippen molar-refractivity contribution >= 4 is 5.97 Å². The Bertz CT molecular complexity index is 248. The third-order valence-electron chi connectivity index (χ3n) is 2.97. The summed E-state index contributed by atoms with van der Waals surface area (Å²) in [7, 11) is 0. The molecule has 1 rings (SSSR count). The number of rotatable bonds is 6. The van der Waals surface area contributed by atoms with Crippen molar-refractivity contribution < 1.29 is 14.3 Å². The van der Waals surface area contributed by atoms with E-state index in [1.165, 1.54) is 25.2 Å². The molecule has 0 saturated heterocycles. The van der Waals surface area contributed by atoms with Crippen molar-refractivity contribution in [1.29, 1.82) is 0 Å². The molecule has 0 radical (unpaired) electrons. The number of hydrogen-bond donors (Lipinski definition) is 0. The third kappa shape index (κ3) is 4.51. The molecular weight excluding hydrogens is 204 g/mol. The molecule has 16 heavy (non-hydrogen) atoms. The first kappa shape index (κ1) is 12.8. The van der Waals surface area contributed by atoms with Gasteiger partial charge >= 0.3 is 5.97 Å². The van der Waals surface area contributed by atoms with Gasteiger partial charge in [-0.3, -0.25) is 0 Å². The second-order valence-corrected chi connectivity index (χ2v) is 4.23. The number of hydrogen-bond acceptors (Lipinski definition) is 3. The Balaban J connectivity index is 2.24. The van der Waals surface area contributed by atoms with Gasteiger partial charge in [-0.1, -0.05) is 19.6 Å². The Morgan fingerprint density at radius 3 is 2.56 bits per heavy atom. The van der Waals surface area contributed by atoms with Gasteiger partial charge in [0, 0.05) is 6.08 Å². The lowest BCUT2D eigenvalue weighted by molar-refractivity contribution is -0.139. The zero-order chi connectivity index (χ0) is 11.8. The van der Waals surface area contributed by atoms with Crippen LogP contribution in [-0.4, -0.2) is 19.2 Å². The van der Waals surface area contributed by atoms with Gasteiger partial charge in [-0.05, 0) is 31.1 Å². The quantitative estimate of drug-likeness (QED) is 0.395. The maximum atomic E-state index is 10.9. The third-order valence-corrected chi connectivity index (χ3v) is 2.97. The van der Waals surface area contributed by atoms with E-state index >= 15 is 0 Å². The van der Waals surface area contributed by atoms with E-state index in [0.29, 0.717) is 18.4 Å². The molecule has 0 heterocycles. The second-order valence-electron chi connectivity index (χ2n) is 4.23. The number of carbonyl (C=O) groups is 1. The predicted molar refractivity (Wildman–Crippen MR) is 62.8 cm³/mol. The smallest absolute Gasteiger partial charge is 0.330 e. The average molecular weight is 224 g/mol. The van der Waals surface area contributed by atoms with E-state index in [9.17, 15) is 4.79 Å². The Kier molecular flexibility index (Phi) is 5.68. The van der Waals surface area contributed by atoms with Gasteiger partial charge in [0.15, 0.2) is 0 Å². The summed E-state index contributed by atoms with van der Waals surface area (Å²) in [5, 5.41) is 0. The van der Waals surface area contributed by atoms with E-state index in [1.807, 2.05) is 0 Å². The molecule has 2 unspecified atom stereocenters. The van der Waals surface area contributed by atoms with Crippen molar-refractivity contribution in [3.8, 4) is 0 Å². The van der Waals surface area contributed by atoms with Crippen LogP contribution in [0, 0.1) is 11.8 Å². The van der Waals surface area contributed by atoms with E-state index in [0.717, 1.165) is 19.4 Å². The number of carbonyl (C=O) groups excluding carboxylic acids is 1. The first-order valence-electron chi connectivity index (χ1n) is 5.78. The molecule has 0 aromatic heterocycles. The molecule has 1 aliphatic rings. The molecule has 3 nitrogen and oxygen atoms in total. The molecular formula is C13H20O3. The maximum absolute atomic E-state index is 10.9. The zero-order valence-electron chi connectivity index (χ0n) is 9.69. The van der Waals surface area contributed by atoms with Crippen molar-refractivity contribution in [2.24, 2.45) is 11.8 Å². The molecule has 90 valence electrons. The molecule has 0 amide bonds. The highest BCUT2D eigenvalue weighted by Gasteiger charge is 2.23. The van der Waals surface area contributed by atoms with Crippen LogP contribution in [0.15, 0.2) is 25.5 Å². The standard InChI is InChI=1S/C13H20O3/c1-3-13(14)16-10-12-7-5-6-11(8-12)9-15-4-2/h3-4,11-12H,1-2,5-10H2. The fourth-order valence-electron chi connectivity index (χ4n) is 2.17. The molecule has 0 bridgehead atoms. The van der Waals surface area contributed by atoms with Gasteiger partial charge in [0.25, 0.3) is 0 Å². The van der Waals surface area contributed by atoms with Crippen LogP contribution in [0.5, 0.6) is 0 Å². The van der Waals surface area contributed by atoms with Crippen LogP contribution in [-0.2, 0) is 14.3 Å². The summed E-state index contributed by atoms with van der Waals surface area (Å²) < 4.78 is 10.3. The minimum atomic E-state index is -0.329. The fraction of sp³-hybridized carbons (Fsp3) is 0.615. The van der Waals surface area contributed by atoms with E-state index in [4.69, 9.17) is 9.47 Å². The van der Waals surface area contributed by atoms with Crippen molar-refractivity contribution in [3.05, 3.63) is 25.5 Å². The molecule has 2 atom stereocenters. The van der Waals surface area contributed by atoms with Crippen molar-refractivity contribution in [1.82, 2.24) is 0 Å². The molecule has 0 N–H and O–H groups in total. The molecule has 0 aliphatic heterocycles. The first-order valence-corrected chi connectivity index (χ1v) is 5.78. The Morgan fingerprint density at radius 2 is 1.94 bits per heavy atom. The highest BCUT2D eigenvalue weighted by molar-refractivity contribution is 5.81. The average Bonchev–Trinajstić information content (AvgIpc) is 2.34. The highest BCUT2D eigenvalue weighted by Crippen LogP contribution is 2.29. The van der Waals surface area contributed by atoms with E-state index < -0.39 is 0 Å². The van der Waals surface area contributed by atoms with Crippen molar-refractivity contribution in [2.75, 3.05) is 13.2 Å². The summed E-state index contributed by atoms with van der Waals surface area (Å²) in [5.74, 6) is 0.708. The lowest BCUT2D eigenvalue weighted by Crippen LogP contribution is -2.23. The molecule has 1 aliphatic carbocycles. The number of esters is 1. The molecule has 1 saturated carbocycles. The summed E-state index contributed by atoms with van der Waals surface area (Å²) in [6.07, 6.45) is 7.27. The fourth-order valence-corrected chi connectivity index (χ4v) is 2.17. The highest BCUT2D eigenvalue weighted by atomic mass is 16.5. The normalized spacial score (nSPS) is 24.5. The van der Waals surface area contributed by atoms with Crippen molar-refractivity contribution in [3.63, 3.8) is 0 Å². The van der Waals surface area contributed by atoms with Crippen LogP contribution in [0.3, 0.4) is 0 Å². The van der Waals surface area contributed by atoms with Crippen LogP contribution in [0.25, 0.3) is 0 Å². The monoisotopic (exact) mass is 224 g/mol. The summed E-state index contributed by atoms with van der Waals surface area (Å²) in [5.41, 5.74) is 0. The lowest BCUT2D eigenvalue weighted by atomic mass is 9.82. The summed E-state index contributed by atoms with van der Waals surface area (Å²) in [4.78, 5) is 10.9. The van der Waals surface area contributed by atoms with E-state index in [2.05, 4.69) is 13.2 Å². The van der Waals surface area contributed by atoms with Crippen molar-refractivity contribution in [2.45, 2.75) is 25.7 Å². The summed E-state index contributed by atoms with van der Waals surface area (Å²) >= 11 is 0. The van der Waals surface area contributed by atoms with Gasteiger partial charge in [-0.15, -0.1) is 0 Å². The van der Waals surface area contributed by atoms with Crippen LogP contribution >= 0.6 is 0 Å². The van der Waals surface area contributed by atoms with Gasteiger partial charge in [0.05, 0.1) is 19.5 Å². The SMILES string of the molecule is C=COCC1CCCC(COC(=O)C=C)C1. The Labute approximate surface area is 97.1 Å². The van der Waals surface area contributed by atoms with Crippen LogP contribution in [0.1, 0.15) is 25.7 Å². The maximum Gasteiger partial charge on any atom is 0.330 e. The Morgan fingerprint density at radius 1 is 1.25 bits per heavy atom. The van der Waals surface area contributed by atoms with Gasteiger partial charge < -0.3 is 9.47 Å². The lowest BCUT2D eigenvalue weighted by Gasteiger charge is -2.28. The first-order chi connectivity index (χ1) is 7.76. The van der Waals surface area contributed by atoms with Gasteiger partial charge in [-0.25, -0.2) is 4.79 Å². The van der Waals surface area contributed by atoms with Crippen LogP contribution in [0.2, 0.25) is 0 Å². The molecule has 0 aromatic rings. The summed E-state index contributed by atoms with van der Waals surface area (Å²) in [6, 6.07) is 0. The molecule has 1 fully saturated rings. The molecule has 3 heteroatoms. The second kappa shape index (κ2) is 7.09. The van der Waals surface area contributed by atoms with Crippen LogP contribution < -0.4 is 0 Å². The largest absolute Gasteiger partial charge is 0.502 e. The minimum absolute atomic E-state index is 0.329. The number of ether oxygens (including phenoxy) is 2. The van der Waals surface area contributed by atoms with Crippen LogP contribution in [0.4, 0.5) is 0 Å².